The van der Waals surface area contributed by atoms with Crippen molar-refractivity contribution in [3.05, 3.63) is 0 Å². The number of hydrogen-bond acceptors (Lipinski definition) is 3. The first-order valence-corrected chi connectivity index (χ1v) is 2.61. The van der Waals surface area contributed by atoms with Gasteiger partial charge in [0.15, 0.2) is 0 Å². The van der Waals surface area contributed by atoms with Gasteiger partial charge < -0.3 is 0 Å². The van der Waals surface area contributed by atoms with Crippen LogP contribution in [0.5, 0.6) is 0 Å². The van der Waals surface area contributed by atoms with Crippen LogP contribution in [0.2, 0.25) is 0 Å². The molecular formula is HEuMnO4. The Labute approximate surface area is 76.6 Å². The van der Waals surface area contributed by atoms with Crippen molar-refractivity contribution < 1.29 is 78.0 Å². The molecule has 0 aliphatic heterocycles. The van der Waals surface area contributed by atoms with E-state index in [-0.39, 0.29) is 49.4 Å². The standard InChI is InChI=1S/Eu.Mn.H2O.3O/h;;1H2;;;/q;+1;;;;/p-1. The molecule has 0 fully saturated rings. The first kappa shape index (κ1) is 10.4. The summed E-state index contributed by atoms with van der Waals surface area (Å²) in [6, 6.07) is 0. The molecule has 4 nitrogen and oxygen atoms in total. The van der Waals surface area contributed by atoms with Gasteiger partial charge in [0.25, 0.3) is 0 Å². The van der Waals surface area contributed by atoms with E-state index < -0.39 is 13.0 Å². The fraction of sp³-hybridized carbons (Fsp3) is 0. The quantitative estimate of drug-likeness (QED) is 0.579. The average Bonchev–Trinajstić information content (AvgIpc) is 0.722. The van der Waals surface area contributed by atoms with Crippen LogP contribution in [0.3, 0.4) is 0 Å². The molecule has 0 bridgehead atoms. The van der Waals surface area contributed by atoms with Gasteiger partial charge in [-0.05, 0) is 0 Å². The van der Waals surface area contributed by atoms with Crippen LogP contribution < -0.4 is 0 Å². The first-order valence-electron chi connectivity index (χ1n) is 0.632. The SMILES string of the molecule is [Eu].[O]=[Mn](=[O])(=[O])[OH]. The van der Waals surface area contributed by atoms with Gasteiger partial charge in [-0.2, -0.15) is 0 Å². The molecule has 0 saturated carbocycles. The predicted molar refractivity (Wildman–Crippen MR) is 4.28 cm³/mol. The van der Waals surface area contributed by atoms with Gasteiger partial charge >= 0.3 is 28.7 Å². The van der Waals surface area contributed by atoms with Crippen molar-refractivity contribution >= 4 is 0 Å². The molecule has 0 saturated heterocycles. The summed E-state index contributed by atoms with van der Waals surface area (Å²) in [5.41, 5.74) is 0. The van der Waals surface area contributed by atoms with E-state index in [0.29, 0.717) is 0 Å². The van der Waals surface area contributed by atoms with Crippen LogP contribution in [0, 0.1) is 49.4 Å². The Morgan fingerprint density at radius 3 is 1.17 bits per heavy atom. The van der Waals surface area contributed by atoms with Crippen LogP contribution in [0.4, 0.5) is 0 Å². The molecule has 0 rings (SSSR count). The van der Waals surface area contributed by atoms with Gasteiger partial charge in [0.1, 0.15) is 0 Å². The molecule has 0 aromatic carbocycles. The van der Waals surface area contributed by atoms with E-state index in [2.05, 4.69) is 0 Å². The van der Waals surface area contributed by atoms with Gasteiger partial charge in [0.05, 0.1) is 0 Å². The minimum atomic E-state index is -5.38. The third-order valence-corrected chi connectivity index (χ3v) is 0. The van der Waals surface area contributed by atoms with Crippen molar-refractivity contribution in [1.29, 1.82) is 0 Å². The van der Waals surface area contributed by atoms with E-state index in [9.17, 15) is 0 Å². The first-order chi connectivity index (χ1) is 2.00. The third kappa shape index (κ3) is 50.8. The van der Waals surface area contributed by atoms with E-state index in [1.165, 1.54) is 0 Å². The molecule has 0 aromatic rings. The molecule has 39 valence electrons. The second kappa shape index (κ2) is 3.46. The average molecular weight is 272 g/mol. The van der Waals surface area contributed by atoms with E-state index in [1.807, 2.05) is 0 Å². The fourth-order valence-electron chi connectivity index (χ4n) is 0. The van der Waals surface area contributed by atoms with Gasteiger partial charge in [-0.15, -0.1) is 0 Å². The summed E-state index contributed by atoms with van der Waals surface area (Å²) >= 11 is -5.38. The maximum atomic E-state index is 8.69. The van der Waals surface area contributed by atoms with Crippen molar-refractivity contribution in [3.8, 4) is 0 Å². The van der Waals surface area contributed by atoms with E-state index in [4.69, 9.17) is 15.7 Å². The molecule has 0 unspecified atom stereocenters. The van der Waals surface area contributed by atoms with E-state index in [1.54, 1.807) is 0 Å². The molecular weight excluding hydrogens is 271 g/mol. The molecule has 6 heavy (non-hydrogen) atoms. The Balaban J connectivity index is 0. The van der Waals surface area contributed by atoms with Gasteiger partial charge in [-0.1, -0.05) is 0 Å². The Morgan fingerprint density at radius 1 is 1.17 bits per heavy atom. The summed E-state index contributed by atoms with van der Waals surface area (Å²) in [5.74, 6) is 0. The van der Waals surface area contributed by atoms with Crippen LogP contribution in [0.25, 0.3) is 0 Å². The zero-order valence-corrected chi connectivity index (χ0v) is 6.03. The summed E-state index contributed by atoms with van der Waals surface area (Å²) < 4.78 is 33.1. The summed E-state index contributed by atoms with van der Waals surface area (Å²) in [6.07, 6.45) is 0. The van der Waals surface area contributed by atoms with E-state index in [0.717, 1.165) is 0 Å². The van der Waals surface area contributed by atoms with Crippen molar-refractivity contribution in [2.24, 2.45) is 0 Å². The normalized spacial score (nSPS) is 9.50. The second-order valence-electron chi connectivity index (χ2n) is 0.396. The van der Waals surface area contributed by atoms with E-state index >= 15 is 0 Å². The van der Waals surface area contributed by atoms with Gasteiger partial charge in [0, 0.05) is 49.4 Å². The van der Waals surface area contributed by atoms with Crippen molar-refractivity contribution in [2.75, 3.05) is 0 Å². The van der Waals surface area contributed by atoms with Gasteiger partial charge in [0.2, 0.25) is 0 Å². The third-order valence-electron chi connectivity index (χ3n) is 0. The fourth-order valence-corrected chi connectivity index (χ4v) is 0. The molecule has 0 aliphatic carbocycles. The van der Waals surface area contributed by atoms with Gasteiger partial charge in [-0.25, -0.2) is 0 Å². The molecule has 6 heteroatoms. The van der Waals surface area contributed by atoms with Crippen molar-refractivity contribution in [1.82, 2.24) is 0 Å². The maximum absolute atomic E-state index is 8.69. The Bertz CT molecular complexity index is 129. The Morgan fingerprint density at radius 2 is 1.17 bits per heavy atom. The van der Waals surface area contributed by atoms with Crippen molar-refractivity contribution in [2.45, 2.75) is 0 Å². The van der Waals surface area contributed by atoms with Crippen LogP contribution >= 0.6 is 0 Å². The number of hydrogen-bond donors (Lipinski definition) is 1. The van der Waals surface area contributed by atoms with Crippen LogP contribution in [0.15, 0.2) is 0 Å². The molecule has 0 atom stereocenters. The molecule has 0 heterocycles. The topological polar surface area (TPSA) is 71.4 Å². The summed E-state index contributed by atoms with van der Waals surface area (Å²) in [7, 11) is 0. The molecule has 0 aromatic heterocycles. The summed E-state index contributed by atoms with van der Waals surface area (Å²) in [5, 5.41) is 0. The zero-order chi connectivity index (χ0) is 4.50. The molecule has 1 N–H and O–H groups in total. The molecule has 0 aliphatic rings. The Kier molecular flexibility index (Phi) is 6.03. The zero-order valence-electron chi connectivity index (χ0n) is 2.43. The van der Waals surface area contributed by atoms with Crippen molar-refractivity contribution in [3.63, 3.8) is 0 Å². The monoisotopic (exact) mass is 273 g/mol. The van der Waals surface area contributed by atoms with Crippen LogP contribution in [-0.4, -0.2) is 4.19 Å². The summed E-state index contributed by atoms with van der Waals surface area (Å²) in [6.45, 7) is 0. The predicted octanol–water partition coefficient (Wildman–Crippen LogP) is -0.916. The molecule has 1 radical (unpaired) electrons. The van der Waals surface area contributed by atoms with Crippen LogP contribution in [-0.2, 0) is 24.5 Å². The summed E-state index contributed by atoms with van der Waals surface area (Å²) in [4.78, 5) is 0. The molecule has 0 spiro atoms. The van der Waals surface area contributed by atoms with Gasteiger partial charge in [-0.3, -0.25) is 0 Å². The Hall–Kier alpha value is 1.46. The molecule has 0 amide bonds. The second-order valence-corrected chi connectivity index (χ2v) is 1.63. The number of rotatable bonds is 0. The minimum absolute atomic E-state index is 0. The van der Waals surface area contributed by atoms with Crippen LogP contribution in [0.1, 0.15) is 0 Å².